The standard InChI is InChI=1S/C14H14IN/c1-9-7-14(10-3-2-4-10)16-13-6-5-11(15)8-12(9)13/h5-8,10H,2-4H2,1H3. The van der Waals surface area contributed by atoms with Crippen LogP contribution in [0.5, 0.6) is 0 Å². The van der Waals surface area contributed by atoms with Crippen LogP contribution in [0.15, 0.2) is 24.3 Å². The van der Waals surface area contributed by atoms with Crippen LogP contribution >= 0.6 is 22.6 Å². The number of rotatable bonds is 1. The van der Waals surface area contributed by atoms with Gasteiger partial charge in [-0.25, -0.2) is 0 Å². The summed E-state index contributed by atoms with van der Waals surface area (Å²) in [5.74, 6) is 0.724. The predicted molar refractivity (Wildman–Crippen MR) is 75.8 cm³/mol. The van der Waals surface area contributed by atoms with E-state index in [9.17, 15) is 0 Å². The molecule has 1 saturated carbocycles. The molecule has 0 unspecified atom stereocenters. The Labute approximate surface area is 109 Å². The lowest BCUT2D eigenvalue weighted by molar-refractivity contribution is 0.412. The molecule has 0 aliphatic heterocycles. The summed E-state index contributed by atoms with van der Waals surface area (Å²) in [7, 11) is 0. The Morgan fingerprint density at radius 3 is 2.75 bits per heavy atom. The van der Waals surface area contributed by atoms with E-state index in [-0.39, 0.29) is 0 Å². The van der Waals surface area contributed by atoms with E-state index >= 15 is 0 Å². The van der Waals surface area contributed by atoms with E-state index in [1.807, 2.05) is 0 Å². The third-order valence-electron chi connectivity index (χ3n) is 3.52. The first-order valence-corrected chi connectivity index (χ1v) is 6.89. The molecule has 2 aromatic rings. The minimum Gasteiger partial charge on any atom is -0.253 e. The second-order valence-corrected chi connectivity index (χ2v) is 5.90. The van der Waals surface area contributed by atoms with Gasteiger partial charge in [-0.2, -0.15) is 0 Å². The van der Waals surface area contributed by atoms with Crippen molar-refractivity contribution in [3.05, 3.63) is 39.1 Å². The van der Waals surface area contributed by atoms with Crippen molar-refractivity contribution in [3.63, 3.8) is 0 Å². The van der Waals surface area contributed by atoms with Crippen molar-refractivity contribution >= 4 is 33.5 Å². The van der Waals surface area contributed by atoms with Crippen LogP contribution < -0.4 is 0 Å². The highest BCUT2D eigenvalue weighted by Crippen LogP contribution is 2.36. The van der Waals surface area contributed by atoms with Crippen LogP contribution in [0.25, 0.3) is 10.9 Å². The lowest BCUT2D eigenvalue weighted by Gasteiger charge is -2.25. The molecule has 0 radical (unpaired) electrons. The van der Waals surface area contributed by atoms with Crippen LogP contribution in [0.4, 0.5) is 0 Å². The molecule has 0 N–H and O–H groups in total. The second-order valence-electron chi connectivity index (χ2n) is 4.65. The number of nitrogens with zero attached hydrogens (tertiary/aromatic N) is 1. The zero-order valence-corrected chi connectivity index (χ0v) is 11.5. The van der Waals surface area contributed by atoms with Gasteiger partial charge in [0.25, 0.3) is 0 Å². The van der Waals surface area contributed by atoms with E-state index in [1.54, 1.807) is 0 Å². The highest BCUT2D eigenvalue weighted by molar-refractivity contribution is 14.1. The molecule has 1 nitrogen and oxygen atoms in total. The van der Waals surface area contributed by atoms with Crippen molar-refractivity contribution < 1.29 is 0 Å². The maximum atomic E-state index is 4.80. The molecule has 82 valence electrons. The molecular formula is C14H14IN. The van der Waals surface area contributed by atoms with Gasteiger partial charge in [0.05, 0.1) is 5.52 Å². The highest BCUT2D eigenvalue weighted by Gasteiger charge is 2.21. The first kappa shape index (κ1) is 10.5. The molecule has 0 spiro atoms. The monoisotopic (exact) mass is 323 g/mol. The molecular weight excluding hydrogens is 309 g/mol. The van der Waals surface area contributed by atoms with Gasteiger partial charge >= 0.3 is 0 Å². The minimum atomic E-state index is 0.724. The van der Waals surface area contributed by atoms with Gasteiger partial charge in [0.1, 0.15) is 0 Å². The maximum absolute atomic E-state index is 4.80. The number of benzene rings is 1. The van der Waals surface area contributed by atoms with Crippen LogP contribution in [-0.4, -0.2) is 4.98 Å². The number of halogens is 1. The van der Waals surface area contributed by atoms with Crippen LogP contribution in [0, 0.1) is 10.5 Å². The molecule has 1 aromatic carbocycles. The van der Waals surface area contributed by atoms with Gasteiger partial charge in [0, 0.05) is 20.6 Å². The predicted octanol–water partition coefficient (Wildman–Crippen LogP) is 4.42. The van der Waals surface area contributed by atoms with Crippen molar-refractivity contribution in [2.24, 2.45) is 0 Å². The minimum absolute atomic E-state index is 0.724. The SMILES string of the molecule is Cc1cc(C2CCC2)nc2ccc(I)cc12. The molecule has 0 atom stereocenters. The van der Waals surface area contributed by atoms with Crippen molar-refractivity contribution in [2.45, 2.75) is 32.1 Å². The van der Waals surface area contributed by atoms with Gasteiger partial charge < -0.3 is 0 Å². The largest absolute Gasteiger partial charge is 0.253 e. The average molecular weight is 323 g/mol. The zero-order chi connectivity index (χ0) is 11.1. The van der Waals surface area contributed by atoms with Gasteiger partial charge in [0.15, 0.2) is 0 Å². The lowest BCUT2D eigenvalue weighted by atomic mass is 9.82. The quantitative estimate of drug-likeness (QED) is 0.708. The van der Waals surface area contributed by atoms with Crippen LogP contribution in [-0.2, 0) is 0 Å². The molecule has 1 aromatic heterocycles. The summed E-state index contributed by atoms with van der Waals surface area (Å²) in [6, 6.07) is 8.79. The molecule has 3 rings (SSSR count). The number of hydrogen-bond acceptors (Lipinski definition) is 1. The lowest BCUT2D eigenvalue weighted by Crippen LogP contribution is -2.10. The molecule has 1 aliphatic carbocycles. The van der Waals surface area contributed by atoms with E-state index in [0.717, 1.165) is 11.4 Å². The van der Waals surface area contributed by atoms with Gasteiger partial charge in [-0.1, -0.05) is 6.42 Å². The van der Waals surface area contributed by atoms with Crippen molar-refractivity contribution in [2.75, 3.05) is 0 Å². The van der Waals surface area contributed by atoms with Crippen molar-refractivity contribution in [1.29, 1.82) is 0 Å². The van der Waals surface area contributed by atoms with E-state index in [4.69, 9.17) is 4.98 Å². The summed E-state index contributed by atoms with van der Waals surface area (Å²) < 4.78 is 1.28. The molecule has 16 heavy (non-hydrogen) atoms. The first-order valence-electron chi connectivity index (χ1n) is 5.81. The molecule has 1 heterocycles. The molecule has 1 fully saturated rings. The van der Waals surface area contributed by atoms with E-state index in [1.165, 1.54) is 39.5 Å². The summed E-state index contributed by atoms with van der Waals surface area (Å²) in [5.41, 5.74) is 3.82. The molecule has 0 bridgehead atoms. The molecule has 2 heteroatoms. The van der Waals surface area contributed by atoms with E-state index in [0.29, 0.717) is 0 Å². The summed E-state index contributed by atoms with van der Waals surface area (Å²) in [6.07, 6.45) is 4.01. The molecule has 0 amide bonds. The third kappa shape index (κ3) is 1.73. The third-order valence-corrected chi connectivity index (χ3v) is 4.19. The first-order chi connectivity index (χ1) is 7.74. The maximum Gasteiger partial charge on any atom is 0.0708 e. The normalized spacial score (nSPS) is 16.4. The Kier molecular flexibility index (Phi) is 2.62. The van der Waals surface area contributed by atoms with Crippen LogP contribution in [0.3, 0.4) is 0 Å². The number of fused-ring (bicyclic) bond motifs is 1. The average Bonchev–Trinajstić information content (AvgIpc) is 2.17. The highest BCUT2D eigenvalue weighted by atomic mass is 127. The second kappa shape index (κ2) is 3.99. The summed E-state index contributed by atoms with van der Waals surface area (Å²) in [5, 5.41) is 1.30. The van der Waals surface area contributed by atoms with Crippen molar-refractivity contribution in [1.82, 2.24) is 4.98 Å². The fraction of sp³-hybridized carbons (Fsp3) is 0.357. The zero-order valence-electron chi connectivity index (χ0n) is 9.33. The summed E-state index contributed by atoms with van der Waals surface area (Å²) >= 11 is 2.36. The van der Waals surface area contributed by atoms with E-state index < -0.39 is 0 Å². The number of aromatic nitrogens is 1. The van der Waals surface area contributed by atoms with Gasteiger partial charge in [-0.15, -0.1) is 0 Å². The summed E-state index contributed by atoms with van der Waals surface area (Å²) in [4.78, 5) is 4.80. The fourth-order valence-corrected chi connectivity index (χ4v) is 2.80. The van der Waals surface area contributed by atoms with Gasteiger partial charge in [0.2, 0.25) is 0 Å². The summed E-state index contributed by atoms with van der Waals surface area (Å²) in [6.45, 7) is 2.20. The van der Waals surface area contributed by atoms with E-state index in [2.05, 4.69) is 53.8 Å². The molecule has 1 aliphatic rings. The Morgan fingerprint density at radius 2 is 2.06 bits per heavy atom. The molecule has 0 saturated heterocycles. The smallest absolute Gasteiger partial charge is 0.0708 e. The van der Waals surface area contributed by atoms with Crippen LogP contribution in [0.1, 0.15) is 36.4 Å². The topological polar surface area (TPSA) is 12.9 Å². The Balaban J connectivity index is 2.17. The Bertz CT molecular complexity index is 544. The fourth-order valence-electron chi connectivity index (χ4n) is 2.31. The van der Waals surface area contributed by atoms with Crippen LogP contribution in [0.2, 0.25) is 0 Å². The Morgan fingerprint density at radius 1 is 1.25 bits per heavy atom. The van der Waals surface area contributed by atoms with Gasteiger partial charge in [-0.3, -0.25) is 4.98 Å². The Hall–Kier alpha value is -0.640. The van der Waals surface area contributed by atoms with Crippen molar-refractivity contribution in [3.8, 4) is 0 Å². The van der Waals surface area contributed by atoms with Gasteiger partial charge in [-0.05, 0) is 72.2 Å². The number of hydrogen-bond donors (Lipinski definition) is 0. The number of pyridine rings is 1. The number of aryl methyl sites for hydroxylation is 1.